The number of hydrogen-bond donors (Lipinski definition) is 1. The minimum Gasteiger partial charge on any atom is -0.495 e. The molecule has 0 atom stereocenters. The molecule has 1 aliphatic heterocycles. The van der Waals surface area contributed by atoms with Gasteiger partial charge in [-0.1, -0.05) is 6.07 Å². The molecule has 0 amide bonds. The maximum Gasteiger partial charge on any atom is 0.307 e. The summed E-state index contributed by atoms with van der Waals surface area (Å²) in [6.45, 7) is 0.0181. The van der Waals surface area contributed by atoms with Crippen molar-refractivity contribution in [3.8, 4) is 5.75 Å². The number of ether oxygens (including phenoxy) is 1. The summed E-state index contributed by atoms with van der Waals surface area (Å²) in [7, 11) is -2.98. The van der Waals surface area contributed by atoms with Crippen LogP contribution in [-0.4, -0.2) is 33.1 Å². The Hall–Kier alpha value is -2.68. The van der Waals surface area contributed by atoms with Gasteiger partial charge >= 0.3 is 5.97 Å². The number of carboxylic acids is 1. The number of fused-ring (bicyclic) bond motifs is 1. The lowest BCUT2D eigenvalue weighted by Crippen LogP contribution is -2.36. The SMILES string of the molecule is COc1ccc(CC(=O)O)cc1S(=O)(=O)N1CCCc2cc(F)cc(F)c21. The number of aryl methyl sites for hydroxylation is 1. The van der Waals surface area contributed by atoms with Crippen molar-refractivity contribution in [1.29, 1.82) is 0 Å². The molecule has 0 spiro atoms. The van der Waals surface area contributed by atoms with Crippen LogP contribution < -0.4 is 9.04 Å². The summed E-state index contributed by atoms with van der Waals surface area (Å²) >= 11 is 0. The fourth-order valence-electron chi connectivity index (χ4n) is 3.18. The number of hydrogen-bond acceptors (Lipinski definition) is 4. The molecule has 0 saturated carbocycles. The average molecular weight is 397 g/mol. The molecule has 1 aliphatic rings. The number of carboxylic acid groups (broad SMARTS) is 1. The van der Waals surface area contributed by atoms with Crippen molar-refractivity contribution in [3.63, 3.8) is 0 Å². The second kappa shape index (κ2) is 7.15. The first-order valence-electron chi connectivity index (χ1n) is 8.13. The Morgan fingerprint density at radius 3 is 2.67 bits per heavy atom. The summed E-state index contributed by atoms with van der Waals surface area (Å²) < 4.78 is 60.4. The summed E-state index contributed by atoms with van der Waals surface area (Å²) in [6.07, 6.45) is 0.376. The fourth-order valence-corrected chi connectivity index (χ4v) is 4.94. The van der Waals surface area contributed by atoms with Crippen molar-refractivity contribution in [3.05, 3.63) is 53.1 Å². The minimum absolute atomic E-state index is 0.0128. The molecule has 2 aromatic rings. The third-order valence-corrected chi connectivity index (χ3v) is 6.14. The molecule has 27 heavy (non-hydrogen) atoms. The standard InChI is InChI=1S/C18H17F2NO5S/c1-26-15-5-4-11(8-17(22)23)7-16(15)27(24,25)21-6-2-3-12-9-13(19)10-14(20)18(12)21/h4-5,7,9-10H,2-3,6,8H2,1H3,(H,22,23). The molecule has 0 aliphatic carbocycles. The number of sulfonamides is 1. The lowest BCUT2D eigenvalue weighted by Gasteiger charge is -2.31. The van der Waals surface area contributed by atoms with Crippen LogP contribution in [0.4, 0.5) is 14.5 Å². The number of halogens is 2. The highest BCUT2D eigenvalue weighted by Crippen LogP contribution is 2.37. The monoisotopic (exact) mass is 397 g/mol. The van der Waals surface area contributed by atoms with E-state index in [1.54, 1.807) is 0 Å². The number of nitrogens with zero attached hydrogens (tertiary/aromatic N) is 1. The second-order valence-electron chi connectivity index (χ2n) is 6.13. The average Bonchev–Trinajstić information content (AvgIpc) is 2.60. The first-order valence-corrected chi connectivity index (χ1v) is 9.57. The zero-order valence-electron chi connectivity index (χ0n) is 14.4. The van der Waals surface area contributed by atoms with Crippen molar-refractivity contribution in [2.45, 2.75) is 24.2 Å². The lowest BCUT2D eigenvalue weighted by molar-refractivity contribution is -0.136. The van der Waals surface area contributed by atoms with Gasteiger partial charge in [0.1, 0.15) is 16.5 Å². The number of methoxy groups -OCH3 is 1. The van der Waals surface area contributed by atoms with E-state index in [0.717, 1.165) is 10.4 Å². The third-order valence-electron chi connectivity index (χ3n) is 4.32. The molecule has 2 aromatic carbocycles. The molecule has 0 radical (unpaired) electrons. The molecule has 3 rings (SSSR count). The molecule has 0 fully saturated rings. The van der Waals surface area contributed by atoms with Gasteiger partial charge < -0.3 is 9.84 Å². The largest absolute Gasteiger partial charge is 0.495 e. The lowest BCUT2D eigenvalue weighted by atomic mass is 10.0. The van der Waals surface area contributed by atoms with Crippen molar-refractivity contribution >= 4 is 21.7 Å². The van der Waals surface area contributed by atoms with Gasteiger partial charge in [0.05, 0.1) is 19.2 Å². The summed E-state index contributed by atoms with van der Waals surface area (Å²) in [5.74, 6) is -2.84. The second-order valence-corrected chi connectivity index (χ2v) is 7.96. The Labute approximate surface area is 155 Å². The first kappa shape index (κ1) is 19.1. The Kier molecular flexibility index (Phi) is 5.05. The number of rotatable bonds is 5. The summed E-state index contributed by atoms with van der Waals surface area (Å²) in [5.41, 5.74) is 0.343. The van der Waals surface area contributed by atoms with E-state index >= 15 is 0 Å². The van der Waals surface area contributed by atoms with E-state index in [-0.39, 0.29) is 40.4 Å². The highest BCUT2D eigenvalue weighted by molar-refractivity contribution is 7.93. The predicted molar refractivity (Wildman–Crippen MR) is 93.5 cm³/mol. The van der Waals surface area contributed by atoms with Gasteiger partial charge in [-0.2, -0.15) is 0 Å². The highest BCUT2D eigenvalue weighted by atomic mass is 32.2. The number of carbonyl (C=O) groups is 1. The number of benzene rings is 2. The van der Waals surface area contributed by atoms with Crippen molar-refractivity contribution in [2.75, 3.05) is 18.0 Å². The van der Waals surface area contributed by atoms with Crippen molar-refractivity contribution in [2.24, 2.45) is 0 Å². The van der Waals surface area contributed by atoms with Crippen LogP contribution in [0, 0.1) is 11.6 Å². The van der Waals surface area contributed by atoms with Gasteiger partial charge in [0.25, 0.3) is 10.0 Å². The van der Waals surface area contributed by atoms with Crippen LogP contribution in [0.25, 0.3) is 0 Å². The van der Waals surface area contributed by atoms with E-state index in [2.05, 4.69) is 0 Å². The molecule has 0 bridgehead atoms. The van der Waals surface area contributed by atoms with Crippen LogP contribution >= 0.6 is 0 Å². The van der Waals surface area contributed by atoms with Crippen molar-refractivity contribution < 1.29 is 31.8 Å². The van der Waals surface area contributed by atoms with Crippen LogP contribution in [0.3, 0.4) is 0 Å². The van der Waals surface area contributed by atoms with E-state index in [9.17, 15) is 22.0 Å². The van der Waals surface area contributed by atoms with E-state index in [0.29, 0.717) is 18.9 Å². The normalized spacial score (nSPS) is 14.0. The van der Waals surface area contributed by atoms with E-state index < -0.39 is 27.6 Å². The van der Waals surface area contributed by atoms with Crippen molar-refractivity contribution in [1.82, 2.24) is 0 Å². The van der Waals surface area contributed by atoms with Crippen LogP contribution in [-0.2, 0) is 27.7 Å². The molecule has 1 heterocycles. The molecule has 9 heteroatoms. The Bertz CT molecular complexity index is 1010. The third kappa shape index (κ3) is 3.59. The van der Waals surface area contributed by atoms with Gasteiger partial charge in [-0.3, -0.25) is 9.10 Å². The molecular formula is C18H17F2NO5S. The van der Waals surface area contributed by atoms with E-state index in [1.807, 2.05) is 0 Å². The first-order chi connectivity index (χ1) is 12.7. The molecule has 0 saturated heterocycles. The Morgan fingerprint density at radius 1 is 1.26 bits per heavy atom. The zero-order valence-corrected chi connectivity index (χ0v) is 15.2. The van der Waals surface area contributed by atoms with E-state index in [1.165, 1.54) is 25.3 Å². The summed E-state index contributed by atoms with van der Waals surface area (Å²) in [5, 5.41) is 8.95. The highest BCUT2D eigenvalue weighted by Gasteiger charge is 2.34. The predicted octanol–water partition coefficient (Wildman–Crippen LogP) is 2.74. The fraction of sp³-hybridized carbons (Fsp3) is 0.278. The van der Waals surface area contributed by atoms with Gasteiger partial charge in [-0.25, -0.2) is 17.2 Å². The molecule has 0 unspecified atom stereocenters. The molecular weight excluding hydrogens is 380 g/mol. The van der Waals surface area contributed by atoms with Gasteiger partial charge in [0.2, 0.25) is 0 Å². The summed E-state index contributed by atoms with van der Waals surface area (Å²) in [6, 6.07) is 5.78. The maximum absolute atomic E-state index is 14.4. The van der Waals surface area contributed by atoms with E-state index in [4.69, 9.17) is 9.84 Å². The number of aliphatic carboxylic acids is 1. The van der Waals surface area contributed by atoms with Gasteiger partial charge in [0, 0.05) is 12.6 Å². The van der Waals surface area contributed by atoms with Crippen LogP contribution in [0.15, 0.2) is 35.2 Å². The van der Waals surface area contributed by atoms with Crippen LogP contribution in [0.2, 0.25) is 0 Å². The minimum atomic E-state index is -4.26. The van der Waals surface area contributed by atoms with Gasteiger partial charge in [-0.05, 0) is 42.2 Å². The Morgan fingerprint density at radius 2 is 2.00 bits per heavy atom. The molecule has 144 valence electrons. The topological polar surface area (TPSA) is 83.9 Å². The Balaban J connectivity index is 2.15. The maximum atomic E-state index is 14.4. The number of anilines is 1. The summed E-state index contributed by atoms with van der Waals surface area (Å²) in [4.78, 5) is 10.7. The molecule has 6 nitrogen and oxygen atoms in total. The van der Waals surface area contributed by atoms with Crippen LogP contribution in [0.1, 0.15) is 17.5 Å². The van der Waals surface area contributed by atoms with Gasteiger partial charge in [-0.15, -0.1) is 0 Å². The molecule has 1 N–H and O–H groups in total. The van der Waals surface area contributed by atoms with Gasteiger partial charge in [0.15, 0.2) is 5.82 Å². The smallest absolute Gasteiger partial charge is 0.307 e. The zero-order chi connectivity index (χ0) is 19.8. The van der Waals surface area contributed by atoms with Crippen LogP contribution in [0.5, 0.6) is 5.75 Å². The quantitative estimate of drug-likeness (QED) is 0.839. The molecule has 0 aromatic heterocycles.